The largest absolute Gasteiger partial charge is 0.442 e. The van der Waals surface area contributed by atoms with Crippen LogP contribution in [0.5, 0.6) is 0 Å². The van der Waals surface area contributed by atoms with Crippen molar-refractivity contribution < 1.29 is 9.21 Å². The molecule has 1 aliphatic carbocycles. The molecule has 2 aromatic rings. The van der Waals surface area contributed by atoms with Crippen LogP contribution >= 0.6 is 0 Å². The standard InChI is InChI=1S/C18H25N5O2/c1-12-13(17(24)23-8-4-7-22(3)9-10-23)14-15(21-18(2)5-6-18)19-11-20-16(14)25-12/h11H,4-10H2,1-3H3,(H,19,20,21). The summed E-state index contributed by atoms with van der Waals surface area (Å²) in [5.74, 6) is 1.34. The molecule has 1 amide bonds. The van der Waals surface area contributed by atoms with Crippen molar-refractivity contribution in [3.05, 3.63) is 17.7 Å². The van der Waals surface area contributed by atoms with E-state index in [0.29, 0.717) is 22.9 Å². The third kappa shape index (κ3) is 3.08. The molecule has 1 saturated heterocycles. The number of aryl methyl sites for hydroxylation is 1. The van der Waals surface area contributed by atoms with Gasteiger partial charge in [0, 0.05) is 25.2 Å². The molecule has 7 nitrogen and oxygen atoms in total. The first kappa shape index (κ1) is 16.3. The molecule has 0 unspecified atom stereocenters. The summed E-state index contributed by atoms with van der Waals surface area (Å²) in [6.45, 7) is 7.41. The fourth-order valence-corrected chi connectivity index (χ4v) is 3.40. The summed E-state index contributed by atoms with van der Waals surface area (Å²) in [5, 5.41) is 4.19. The van der Waals surface area contributed by atoms with Gasteiger partial charge in [-0.2, -0.15) is 0 Å². The molecule has 0 aromatic carbocycles. The average Bonchev–Trinajstić information content (AvgIpc) is 3.25. The SMILES string of the molecule is Cc1oc2ncnc(NC3(C)CC3)c2c1C(=O)N1CCCN(C)CC1. The number of nitrogens with one attached hydrogen (secondary N) is 1. The normalized spacial score (nSPS) is 20.5. The summed E-state index contributed by atoms with van der Waals surface area (Å²) < 4.78 is 5.79. The van der Waals surface area contributed by atoms with Crippen LogP contribution in [0.3, 0.4) is 0 Å². The number of furan rings is 1. The van der Waals surface area contributed by atoms with Crippen LogP contribution in [0.25, 0.3) is 11.1 Å². The highest BCUT2D eigenvalue weighted by atomic mass is 16.3. The van der Waals surface area contributed by atoms with Gasteiger partial charge >= 0.3 is 0 Å². The number of carbonyl (C=O) groups is 1. The van der Waals surface area contributed by atoms with Crippen LogP contribution in [0.1, 0.15) is 42.3 Å². The van der Waals surface area contributed by atoms with Crippen molar-refractivity contribution in [1.82, 2.24) is 19.8 Å². The molecule has 0 radical (unpaired) electrons. The molecule has 3 heterocycles. The highest BCUT2D eigenvalue weighted by Gasteiger charge is 2.39. The van der Waals surface area contributed by atoms with Crippen molar-refractivity contribution in [3.8, 4) is 0 Å². The smallest absolute Gasteiger partial charge is 0.258 e. The molecule has 2 fully saturated rings. The van der Waals surface area contributed by atoms with Crippen molar-refractivity contribution in [3.63, 3.8) is 0 Å². The van der Waals surface area contributed by atoms with Gasteiger partial charge in [-0.05, 0) is 46.7 Å². The molecule has 0 atom stereocenters. The maximum absolute atomic E-state index is 13.3. The Morgan fingerprint density at radius 2 is 2.04 bits per heavy atom. The zero-order valence-corrected chi connectivity index (χ0v) is 15.1. The molecule has 1 saturated carbocycles. The van der Waals surface area contributed by atoms with Gasteiger partial charge in [-0.3, -0.25) is 4.79 Å². The second-order valence-corrected chi connectivity index (χ2v) is 7.57. The van der Waals surface area contributed by atoms with Gasteiger partial charge in [0.15, 0.2) is 0 Å². The van der Waals surface area contributed by atoms with E-state index in [2.05, 4.69) is 34.2 Å². The van der Waals surface area contributed by atoms with Crippen molar-refractivity contribution in [1.29, 1.82) is 0 Å². The summed E-state index contributed by atoms with van der Waals surface area (Å²) in [6.07, 6.45) is 4.69. The van der Waals surface area contributed by atoms with Gasteiger partial charge in [-0.15, -0.1) is 0 Å². The number of amides is 1. The highest BCUT2D eigenvalue weighted by molar-refractivity contribution is 6.10. The summed E-state index contributed by atoms with van der Waals surface area (Å²) in [4.78, 5) is 26.1. The fourth-order valence-electron chi connectivity index (χ4n) is 3.40. The summed E-state index contributed by atoms with van der Waals surface area (Å²) in [6, 6.07) is 0. The third-order valence-electron chi connectivity index (χ3n) is 5.31. The van der Waals surface area contributed by atoms with Gasteiger partial charge in [-0.1, -0.05) is 0 Å². The summed E-state index contributed by atoms with van der Waals surface area (Å²) >= 11 is 0. The van der Waals surface area contributed by atoms with E-state index in [4.69, 9.17) is 4.42 Å². The zero-order valence-electron chi connectivity index (χ0n) is 15.1. The Labute approximate surface area is 147 Å². The van der Waals surface area contributed by atoms with Gasteiger partial charge in [0.1, 0.15) is 17.9 Å². The highest BCUT2D eigenvalue weighted by Crippen LogP contribution is 2.40. The second-order valence-electron chi connectivity index (χ2n) is 7.57. The first-order chi connectivity index (χ1) is 12.0. The van der Waals surface area contributed by atoms with E-state index >= 15 is 0 Å². The van der Waals surface area contributed by atoms with Crippen LogP contribution in [0.15, 0.2) is 10.7 Å². The van der Waals surface area contributed by atoms with Gasteiger partial charge < -0.3 is 19.5 Å². The van der Waals surface area contributed by atoms with Crippen LogP contribution < -0.4 is 5.32 Å². The van der Waals surface area contributed by atoms with Crippen LogP contribution in [0.2, 0.25) is 0 Å². The van der Waals surface area contributed by atoms with E-state index in [9.17, 15) is 4.79 Å². The molecule has 1 N–H and O–H groups in total. The van der Waals surface area contributed by atoms with Gasteiger partial charge in [0.25, 0.3) is 5.91 Å². The molecule has 134 valence electrons. The van der Waals surface area contributed by atoms with Crippen LogP contribution in [-0.2, 0) is 0 Å². The number of carbonyl (C=O) groups excluding carboxylic acids is 1. The monoisotopic (exact) mass is 343 g/mol. The summed E-state index contributed by atoms with van der Waals surface area (Å²) in [7, 11) is 2.10. The van der Waals surface area contributed by atoms with Crippen molar-refractivity contribution >= 4 is 22.8 Å². The number of hydrogen-bond acceptors (Lipinski definition) is 6. The Balaban J connectivity index is 1.73. The average molecular weight is 343 g/mol. The lowest BCUT2D eigenvalue weighted by atomic mass is 10.1. The second kappa shape index (κ2) is 5.98. The molecule has 2 aromatic heterocycles. The van der Waals surface area contributed by atoms with E-state index in [1.807, 2.05) is 11.8 Å². The van der Waals surface area contributed by atoms with Crippen LogP contribution in [0.4, 0.5) is 5.82 Å². The Morgan fingerprint density at radius 3 is 2.80 bits per heavy atom. The number of anilines is 1. The van der Waals surface area contributed by atoms with E-state index in [0.717, 1.165) is 50.8 Å². The third-order valence-corrected chi connectivity index (χ3v) is 5.31. The van der Waals surface area contributed by atoms with E-state index in [1.165, 1.54) is 6.33 Å². The molecular weight excluding hydrogens is 318 g/mol. The zero-order chi connectivity index (χ0) is 17.6. The maximum Gasteiger partial charge on any atom is 0.258 e. The Hall–Kier alpha value is -2.15. The molecule has 0 bridgehead atoms. The lowest BCUT2D eigenvalue weighted by Crippen LogP contribution is -2.34. The van der Waals surface area contributed by atoms with Crippen LogP contribution in [0, 0.1) is 6.92 Å². The Morgan fingerprint density at radius 1 is 1.24 bits per heavy atom. The molecule has 25 heavy (non-hydrogen) atoms. The van der Waals surface area contributed by atoms with Crippen LogP contribution in [-0.4, -0.2) is 64.4 Å². The first-order valence-electron chi connectivity index (χ1n) is 8.97. The fraction of sp³-hybridized carbons (Fsp3) is 0.611. The molecular formula is C18H25N5O2. The van der Waals surface area contributed by atoms with E-state index in [1.54, 1.807) is 0 Å². The van der Waals surface area contributed by atoms with Crippen molar-refractivity contribution in [2.45, 2.75) is 38.6 Å². The van der Waals surface area contributed by atoms with Gasteiger partial charge in [0.2, 0.25) is 5.71 Å². The lowest BCUT2D eigenvalue weighted by Gasteiger charge is -2.21. The number of nitrogens with zero attached hydrogens (tertiary/aromatic N) is 4. The molecule has 0 spiro atoms. The molecule has 7 heteroatoms. The molecule has 1 aliphatic heterocycles. The minimum absolute atomic E-state index is 0.0188. The van der Waals surface area contributed by atoms with Crippen molar-refractivity contribution in [2.24, 2.45) is 0 Å². The van der Waals surface area contributed by atoms with E-state index in [-0.39, 0.29) is 11.4 Å². The number of hydrogen-bond donors (Lipinski definition) is 1. The minimum Gasteiger partial charge on any atom is -0.442 e. The summed E-state index contributed by atoms with van der Waals surface area (Å²) in [5.41, 5.74) is 1.15. The quantitative estimate of drug-likeness (QED) is 0.921. The number of fused-ring (bicyclic) bond motifs is 1. The van der Waals surface area contributed by atoms with Gasteiger partial charge in [-0.25, -0.2) is 9.97 Å². The number of rotatable bonds is 3. The first-order valence-corrected chi connectivity index (χ1v) is 8.97. The Kier molecular flexibility index (Phi) is 3.91. The lowest BCUT2D eigenvalue weighted by molar-refractivity contribution is 0.0762. The van der Waals surface area contributed by atoms with Gasteiger partial charge in [0.05, 0.1) is 10.9 Å². The number of likely N-dealkylation sites (N-methyl/N-ethyl adjacent to an activating group) is 1. The topological polar surface area (TPSA) is 74.5 Å². The number of aromatic nitrogens is 2. The minimum atomic E-state index is 0.0188. The molecule has 4 rings (SSSR count). The van der Waals surface area contributed by atoms with Crippen molar-refractivity contribution in [2.75, 3.05) is 38.5 Å². The predicted octanol–water partition coefficient (Wildman–Crippen LogP) is 2.27. The predicted molar refractivity (Wildman–Crippen MR) is 95.8 cm³/mol. The maximum atomic E-state index is 13.3. The van der Waals surface area contributed by atoms with E-state index < -0.39 is 0 Å². The Bertz CT molecular complexity index is 811. The molecule has 2 aliphatic rings.